The number of pyridine rings is 2. The summed E-state index contributed by atoms with van der Waals surface area (Å²) in [6, 6.07) is 19.8. The molecule has 0 N–H and O–H groups in total. The van der Waals surface area contributed by atoms with Gasteiger partial charge in [0.25, 0.3) is 0 Å². The van der Waals surface area contributed by atoms with Gasteiger partial charge in [-0.25, -0.2) is 0 Å². The van der Waals surface area contributed by atoms with Gasteiger partial charge in [0, 0.05) is 28.7 Å². The van der Waals surface area contributed by atoms with Crippen molar-refractivity contribution in [2.75, 3.05) is 0 Å². The molecule has 0 bridgehead atoms. The average Bonchev–Trinajstić information content (AvgIpc) is 2.72. The summed E-state index contributed by atoms with van der Waals surface area (Å²) in [6.07, 6.45) is 3.92. The molecule has 0 saturated heterocycles. The summed E-state index contributed by atoms with van der Waals surface area (Å²) in [5.41, 5.74) is 9.95. The summed E-state index contributed by atoms with van der Waals surface area (Å²) >= 11 is 0. The van der Waals surface area contributed by atoms with E-state index in [-0.39, 0.29) is 0 Å². The van der Waals surface area contributed by atoms with Crippen molar-refractivity contribution < 1.29 is 0 Å². The van der Waals surface area contributed by atoms with Crippen LogP contribution in [0.5, 0.6) is 0 Å². The van der Waals surface area contributed by atoms with Crippen LogP contribution < -0.4 is 0 Å². The molecule has 2 nitrogen and oxygen atoms in total. The third-order valence-electron chi connectivity index (χ3n) is 5.86. The van der Waals surface area contributed by atoms with Gasteiger partial charge in [-0.3, -0.25) is 9.97 Å². The Morgan fingerprint density at radius 3 is 2.61 bits per heavy atom. The zero-order chi connectivity index (χ0) is 19.3. The Labute approximate surface area is 166 Å². The number of aryl methyl sites for hydroxylation is 2. The molecule has 0 fully saturated rings. The molecular weight excluding hydrogens is 340 g/mol. The Morgan fingerprint density at radius 2 is 1.75 bits per heavy atom. The van der Waals surface area contributed by atoms with E-state index in [1.165, 1.54) is 44.3 Å². The quantitative estimate of drug-likeness (QED) is 0.406. The maximum absolute atomic E-state index is 4.84. The monoisotopic (exact) mass is 364 g/mol. The highest BCUT2D eigenvalue weighted by Crippen LogP contribution is 2.39. The molecule has 0 saturated carbocycles. The number of aromatic nitrogens is 2. The second kappa shape index (κ2) is 6.56. The normalized spacial score (nSPS) is 12.9. The number of fused-ring (bicyclic) bond motifs is 4. The highest BCUT2D eigenvalue weighted by Gasteiger charge is 2.22. The van der Waals surface area contributed by atoms with Crippen molar-refractivity contribution in [3.63, 3.8) is 0 Å². The van der Waals surface area contributed by atoms with Gasteiger partial charge in [-0.1, -0.05) is 44.2 Å². The zero-order valence-electron chi connectivity index (χ0n) is 16.7. The number of hydrogen-bond donors (Lipinski definition) is 0. The van der Waals surface area contributed by atoms with Crippen LogP contribution in [-0.4, -0.2) is 9.97 Å². The molecule has 5 rings (SSSR count). The van der Waals surface area contributed by atoms with Gasteiger partial charge < -0.3 is 0 Å². The van der Waals surface area contributed by atoms with E-state index >= 15 is 0 Å². The lowest BCUT2D eigenvalue weighted by molar-refractivity contribution is 0.874. The maximum atomic E-state index is 4.84. The largest absolute Gasteiger partial charge is 0.258 e. The topological polar surface area (TPSA) is 25.8 Å². The van der Waals surface area contributed by atoms with Gasteiger partial charge in [0.2, 0.25) is 0 Å². The van der Waals surface area contributed by atoms with Crippen molar-refractivity contribution >= 4 is 10.8 Å². The third-order valence-corrected chi connectivity index (χ3v) is 5.86. The van der Waals surface area contributed by atoms with Gasteiger partial charge >= 0.3 is 0 Å². The fraction of sp³-hybridized carbons (Fsp3) is 0.231. The molecule has 0 amide bonds. The summed E-state index contributed by atoms with van der Waals surface area (Å²) in [7, 11) is 0. The van der Waals surface area contributed by atoms with Crippen molar-refractivity contribution in [2.45, 2.75) is 39.5 Å². The number of rotatable bonds is 2. The van der Waals surface area contributed by atoms with Gasteiger partial charge in [0.05, 0.1) is 5.69 Å². The molecule has 28 heavy (non-hydrogen) atoms. The molecule has 0 aliphatic heterocycles. The van der Waals surface area contributed by atoms with E-state index in [1.807, 2.05) is 6.20 Å². The van der Waals surface area contributed by atoms with Gasteiger partial charge in [-0.05, 0) is 77.4 Å². The van der Waals surface area contributed by atoms with E-state index < -0.39 is 0 Å². The summed E-state index contributed by atoms with van der Waals surface area (Å²) in [5.74, 6) is 0.470. The average molecular weight is 364 g/mol. The molecule has 138 valence electrons. The molecule has 0 atom stereocenters. The van der Waals surface area contributed by atoms with E-state index in [4.69, 9.17) is 9.97 Å². The van der Waals surface area contributed by atoms with E-state index in [1.54, 1.807) is 0 Å². The Bertz CT molecular complexity index is 1200. The second-order valence-corrected chi connectivity index (χ2v) is 8.07. The van der Waals surface area contributed by atoms with Crippen LogP contribution in [0.2, 0.25) is 0 Å². The Hall–Kier alpha value is -3.00. The fourth-order valence-electron chi connectivity index (χ4n) is 4.49. The standard InChI is InChI=1S/C26H24N2/c1-16(2)24-15-19(14-18-6-4-5-7-20(18)24)26-23-10-11-25-22(9-8-17(3)28-25)21(23)12-13-27-26/h4-9,12-16H,10-11H2,1-3H3. The van der Waals surface area contributed by atoms with Crippen LogP contribution in [0.15, 0.2) is 60.8 Å². The highest BCUT2D eigenvalue weighted by atomic mass is 14.7. The molecule has 2 heterocycles. The van der Waals surface area contributed by atoms with Gasteiger partial charge in [0.1, 0.15) is 0 Å². The van der Waals surface area contributed by atoms with Crippen LogP contribution in [0, 0.1) is 6.92 Å². The van der Waals surface area contributed by atoms with Gasteiger partial charge in [-0.15, -0.1) is 0 Å². The Balaban J connectivity index is 1.74. The first-order chi connectivity index (χ1) is 13.6. The fourth-order valence-corrected chi connectivity index (χ4v) is 4.49. The number of benzene rings is 2. The Morgan fingerprint density at radius 1 is 0.893 bits per heavy atom. The molecule has 0 unspecified atom stereocenters. The minimum Gasteiger partial charge on any atom is -0.258 e. The lowest BCUT2D eigenvalue weighted by atomic mass is 9.85. The summed E-state index contributed by atoms with van der Waals surface area (Å²) in [6.45, 7) is 6.60. The van der Waals surface area contributed by atoms with E-state index in [2.05, 4.69) is 75.4 Å². The van der Waals surface area contributed by atoms with Crippen molar-refractivity contribution in [1.82, 2.24) is 9.97 Å². The van der Waals surface area contributed by atoms with Crippen molar-refractivity contribution in [1.29, 1.82) is 0 Å². The predicted octanol–water partition coefficient (Wildman–Crippen LogP) is 6.49. The molecule has 0 spiro atoms. The van der Waals surface area contributed by atoms with Crippen LogP contribution >= 0.6 is 0 Å². The molecular formula is C26H24N2. The smallest absolute Gasteiger partial charge is 0.0740 e. The van der Waals surface area contributed by atoms with Gasteiger partial charge in [0.15, 0.2) is 0 Å². The summed E-state index contributed by atoms with van der Waals surface area (Å²) in [5, 5.41) is 2.63. The molecule has 0 radical (unpaired) electrons. The van der Waals surface area contributed by atoms with Crippen LogP contribution in [0.3, 0.4) is 0 Å². The highest BCUT2D eigenvalue weighted by molar-refractivity contribution is 5.91. The van der Waals surface area contributed by atoms with Gasteiger partial charge in [-0.2, -0.15) is 0 Å². The van der Waals surface area contributed by atoms with E-state index in [0.29, 0.717) is 5.92 Å². The van der Waals surface area contributed by atoms with Crippen LogP contribution in [0.1, 0.15) is 42.3 Å². The minimum atomic E-state index is 0.470. The van der Waals surface area contributed by atoms with E-state index in [0.717, 1.165) is 24.2 Å². The van der Waals surface area contributed by atoms with Crippen LogP contribution in [0.25, 0.3) is 33.2 Å². The third kappa shape index (κ3) is 2.72. The van der Waals surface area contributed by atoms with Crippen LogP contribution in [-0.2, 0) is 12.8 Å². The lowest BCUT2D eigenvalue weighted by Crippen LogP contribution is -2.09. The minimum absolute atomic E-state index is 0.470. The molecule has 1 aliphatic carbocycles. The van der Waals surface area contributed by atoms with Crippen molar-refractivity contribution in [3.8, 4) is 22.4 Å². The first-order valence-corrected chi connectivity index (χ1v) is 10.1. The molecule has 2 aromatic carbocycles. The number of nitrogens with zero attached hydrogens (tertiary/aromatic N) is 2. The SMILES string of the molecule is Cc1ccc2c(n1)CCc1c-2ccnc1-c1cc(C(C)C)c2ccccc2c1. The zero-order valence-corrected chi connectivity index (χ0v) is 16.7. The first kappa shape index (κ1) is 17.1. The molecule has 4 aromatic rings. The molecule has 1 aliphatic rings. The van der Waals surface area contributed by atoms with E-state index in [9.17, 15) is 0 Å². The first-order valence-electron chi connectivity index (χ1n) is 10.1. The summed E-state index contributed by atoms with van der Waals surface area (Å²) in [4.78, 5) is 9.61. The lowest BCUT2D eigenvalue weighted by Gasteiger charge is -2.22. The van der Waals surface area contributed by atoms with Crippen LogP contribution in [0.4, 0.5) is 0 Å². The summed E-state index contributed by atoms with van der Waals surface area (Å²) < 4.78 is 0. The maximum Gasteiger partial charge on any atom is 0.0740 e. The molecule has 2 heteroatoms. The number of hydrogen-bond acceptors (Lipinski definition) is 2. The molecule has 2 aromatic heterocycles. The Kier molecular flexibility index (Phi) is 4.01. The second-order valence-electron chi connectivity index (χ2n) is 8.07. The van der Waals surface area contributed by atoms with Crippen molar-refractivity contribution in [3.05, 3.63) is 83.3 Å². The predicted molar refractivity (Wildman–Crippen MR) is 117 cm³/mol. The van der Waals surface area contributed by atoms with Crippen molar-refractivity contribution in [2.24, 2.45) is 0 Å².